The Bertz CT molecular complexity index is 490. The number of hydrogen-bond acceptors (Lipinski definition) is 0. The average molecular weight is 369 g/mol. The predicted molar refractivity (Wildman–Crippen MR) is 101 cm³/mol. The van der Waals surface area contributed by atoms with Crippen LogP contribution < -0.4 is 0 Å². The van der Waals surface area contributed by atoms with Gasteiger partial charge in [-0.1, -0.05) is 66.2 Å². The average Bonchev–Trinajstić information content (AvgIpc) is 2.72. The van der Waals surface area contributed by atoms with Crippen molar-refractivity contribution in [2.75, 3.05) is 0 Å². The second-order valence-corrected chi connectivity index (χ2v) is 7.25. The van der Waals surface area contributed by atoms with Crippen LogP contribution in [0, 0.1) is 30.4 Å². The zero-order chi connectivity index (χ0) is 17.9. The second-order valence-electron chi connectivity index (χ2n) is 7.25. The molecule has 0 amide bonds. The Morgan fingerprint density at radius 2 is 0.870 bits per heavy atom. The molecule has 0 atom stereocenters. The summed E-state index contributed by atoms with van der Waals surface area (Å²) in [5.41, 5.74) is 8.79. The van der Waals surface area contributed by atoms with E-state index in [0.29, 0.717) is 0 Å². The monoisotopic (exact) mass is 368 g/mol. The van der Waals surface area contributed by atoms with E-state index in [9.17, 15) is 0 Å². The van der Waals surface area contributed by atoms with Crippen molar-refractivity contribution < 1.29 is 19.4 Å². The molecule has 0 spiro atoms. The van der Waals surface area contributed by atoms with Gasteiger partial charge < -0.3 is 7.43 Å². The van der Waals surface area contributed by atoms with Crippen LogP contribution in [0.1, 0.15) is 69.2 Å². The van der Waals surface area contributed by atoms with E-state index in [4.69, 9.17) is 0 Å². The molecule has 2 aliphatic carbocycles. The molecule has 0 heterocycles. The van der Waals surface area contributed by atoms with Crippen LogP contribution in [-0.2, 0) is 19.4 Å². The van der Waals surface area contributed by atoms with Crippen molar-refractivity contribution >= 4 is 9.30 Å². The molecule has 0 aliphatic heterocycles. The van der Waals surface area contributed by atoms with Gasteiger partial charge in [0, 0.05) is 0 Å². The molecule has 0 saturated carbocycles. The van der Waals surface area contributed by atoms with E-state index in [-0.39, 0.29) is 18.3 Å². The van der Waals surface area contributed by atoms with Gasteiger partial charge in [0.15, 0.2) is 0 Å². The molecule has 128 valence electrons. The molecule has 0 nitrogen and oxygen atoms in total. The fourth-order valence-corrected chi connectivity index (χ4v) is 2.81. The summed E-state index contributed by atoms with van der Waals surface area (Å²) >= 11 is 1.47. The third-order valence-electron chi connectivity index (χ3n) is 5.12. The summed E-state index contributed by atoms with van der Waals surface area (Å²) in [4.78, 5) is 0. The summed E-state index contributed by atoms with van der Waals surface area (Å²) in [6.45, 7) is 21.8. The quantitative estimate of drug-likeness (QED) is 0.309. The van der Waals surface area contributed by atoms with E-state index in [0.717, 1.165) is 0 Å². The summed E-state index contributed by atoms with van der Waals surface area (Å²) in [6, 6.07) is 0. The van der Waals surface area contributed by atoms with Crippen LogP contribution >= 0.6 is 9.30 Å². The third kappa shape index (κ3) is 6.07. The molecular formula is C21H33ClTi. The van der Waals surface area contributed by atoms with Gasteiger partial charge in [-0.3, -0.25) is 12.2 Å². The van der Waals surface area contributed by atoms with Crippen molar-refractivity contribution in [2.24, 2.45) is 10.8 Å². The van der Waals surface area contributed by atoms with Crippen LogP contribution in [0.15, 0.2) is 33.4 Å². The van der Waals surface area contributed by atoms with Gasteiger partial charge in [0.25, 0.3) is 0 Å². The molecule has 2 aliphatic rings. The van der Waals surface area contributed by atoms with Gasteiger partial charge in [0.05, 0.1) is 0 Å². The molecule has 0 saturated heterocycles. The normalized spacial score (nSPS) is 20.7. The molecule has 2 heteroatoms. The Morgan fingerprint density at radius 3 is 0.913 bits per heavy atom. The molecule has 0 N–H and O–H groups in total. The van der Waals surface area contributed by atoms with E-state index in [1.807, 2.05) is 0 Å². The van der Waals surface area contributed by atoms with E-state index < -0.39 is 0 Å². The van der Waals surface area contributed by atoms with Crippen LogP contribution in [0.2, 0.25) is 0 Å². The fourth-order valence-electron chi connectivity index (χ4n) is 2.81. The Hall–Kier alpha value is -0.0357. The maximum absolute atomic E-state index is 4.64. The first-order valence-corrected chi connectivity index (χ1v) is 9.84. The van der Waals surface area contributed by atoms with E-state index in [1.165, 1.54) is 52.8 Å². The summed E-state index contributed by atoms with van der Waals surface area (Å²) in [6.07, 6.45) is 6.87. The fraction of sp³-hybridized carbons (Fsp3) is 0.571. The third-order valence-corrected chi connectivity index (χ3v) is 5.12. The van der Waals surface area contributed by atoms with Crippen LogP contribution in [0.5, 0.6) is 0 Å². The first-order valence-electron chi connectivity index (χ1n) is 7.69. The summed E-state index contributed by atoms with van der Waals surface area (Å²) in [7, 11) is 4.64. The van der Waals surface area contributed by atoms with Crippen molar-refractivity contribution in [1.29, 1.82) is 0 Å². The van der Waals surface area contributed by atoms with Gasteiger partial charge in [0.2, 0.25) is 0 Å². The number of hydrogen-bond donors (Lipinski definition) is 0. The molecule has 0 aromatic heterocycles. The number of allylic oxidation sites excluding steroid dienone is 8. The van der Waals surface area contributed by atoms with Crippen molar-refractivity contribution in [2.45, 2.75) is 69.2 Å². The molecule has 2 rings (SSSR count). The van der Waals surface area contributed by atoms with Crippen molar-refractivity contribution in [1.82, 2.24) is 0 Å². The molecule has 0 fully saturated rings. The number of rotatable bonds is 0. The molecule has 0 aromatic carbocycles. The van der Waals surface area contributed by atoms with E-state index in [1.54, 1.807) is 0 Å². The van der Waals surface area contributed by atoms with Gasteiger partial charge in [0.1, 0.15) is 0 Å². The van der Waals surface area contributed by atoms with Gasteiger partial charge in [-0.05, 0) is 0 Å². The standard InChI is InChI=1S/2C10H15.CH3.ClH.Ti/c2*1-7-6-10(4,5)9(3)8(7)2;;;/h2*1-5H3;1H3;1H;/q3*-1;;+4/p-1. The molecule has 0 unspecified atom stereocenters. The van der Waals surface area contributed by atoms with Crippen LogP contribution in [0.4, 0.5) is 0 Å². The van der Waals surface area contributed by atoms with Gasteiger partial charge in [-0.15, -0.1) is 13.8 Å². The maximum atomic E-state index is 4.64. The van der Waals surface area contributed by atoms with Crippen LogP contribution in [0.3, 0.4) is 0 Å². The zero-order valence-corrected chi connectivity index (χ0v) is 19.2. The SMILES string of the molecule is CC1=[C-]C(C)(C)C(C)=C1C.CC1=[C-]C(C)(C)C(C)=C1C.[CH3-].[Cl][Ti+3]. The Morgan fingerprint density at radius 1 is 0.652 bits per heavy atom. The molecule has 23 heavy (non-hydrogen) atoms. The first-order chi connectivity index (χ1) is 9.90. The van der Waals surface area contributed by atoms with Gasteiger partial charge in [-0.25, -0.2) is 11.1 Å². The minimum atomic E-state index is 0. The molecule has 0 bridgehead atoms. The number of halogens is 1. The Balaban J connectivity index is 0. The van der Waals surface area contributed by atoms with Crippen LogP contribution in [0.25, 0.3) is 0 Å². The van der Waals surface area contributed by atoms with Crippen molar-refractivity contribution in [3.05, 3.63) is 53.0 Å². The van der Waals surface area contributed by atoms with E-state index in [2.05, 4.69) is 90.7 Å². The Kier molecular flexibility index (Phi) is 10.4. The zero-order valence-electron chi connectivity index (χ0n) is 16.9. The van der Waals surface area contributed by atoms with Crippen LogP contribution in [-0.4, -0.2) is 0 Å². The van der Waals surface area contributed by atoms with E-state index >= 15 is 0 Å². The summed E-state index contributed by atoms with van der Waals surface area (Å²) < 4.78 is 0. The van der Waals surface area contributed by atoms with Gasteiger partial charge >= 0.3 is 28.7 Å². The topological polar surface area (TPSA) is 0 Å². The summed E-state index contributed by atoms with van der Waals surface area (Å²) in [5, 5.41) is 0. The predicted octanol–water partition coefficient (Wildman–Crippen LogP) is 7.36. The van der Waals surface area contributed by atoms with Crippen molar-refractivity contribution in [3.8, 4) is 0 Å². The van der Waals surface area contributed by atoms with Gasteiger partial charge in [-0.2, -0.15) is 22.3 Å². The summed E-state index contributed by atoms with van der Waals surface area (Å²) in [5.74, 6) is 0. The molecule has 0 aromatic rings. The van der Waals surface area contributed by atoms with Crippen molar-refractivity contribution in [3.63, 3.8) is 0 Å². The minimum absolute atomic E-state index is 0. The first kappa shape index (κ1) is 25.2. The second kappa shape index (κ2) is 9.45. The Labute approximate surface area is 161 Å². The molecular weight excluding hydrogens is 336 g/mol. The molecule has 0 radical (unpaired) electrons.